The molecule has 1 N–H and O–H groups in total. The first kappa shape index (κ1) is 11.5. The second-order valence-electron chi connectivity index (χ2n) is 5.25. The summed E-state index contributed by atoms with van der Waals surface area (Å²) in [6.07, 6.45) is 3.12. The summed E-state index contributed by atoms with van der Waals surface area (Å²) in [6.45, 7) is 7.07. The van der Waals surface area contributed by atoms with Crippen LogP contribution < -0.4 is 5.32 Å². The summed E-state index contributed by atoms with van der Waals surface area (Å²) < 4.78 is 7.42. The Morgan fingerprint density at radius 2 is 2.33 bits per heavy atom. The van der Waals surface area contributed by atoms with Gasteiger partial charge in [-0.05, 0) is 38.8 Å². The number of hydrogen-bond acceptors (Lipinski definition) is 4. The number of ether oxygens (including phenoxy) is 1. The highest BCUT2D eigenvalue weighted by molar-refractivity contribution is 5.45. The van der Waals surface area contributed by atoms with Gasteiger partial charge in [0.25, 0.3) is 0 Å². The Balaban J connectivity index is 1.91. The van der Waals surface area contributed by atoms with Crippen molar-refractivity contribution >= 4 is 11.6 Å². The van der Waals surface area contributed by atoms with Gasteiger partial charge in [0.1, 0.15) is 0 Å². The summed E-state index contributed by atoms with van der Waals surface area (Å²) >= 11 is 0. The summed E-state index contributed by atoms with van der Waals surface area (Å²) in [7, 11) is 0. The van der Waals surface area contributed by atoms with Crippen molar-refractivity contribution < 1.29 is 4.74 Å². The predicted molar refractivity (Wildman–Crippen MR) is 69.8 cm³/mol. The van der Waals surface area contributed by atoms with Crippen molar-refractivity contribution in [3.8, 4) is 0 Å². The molecule has 1 saturated heterocycles. The molecule has 0 amide bonds. The fraction of sp³-hybridized carbons (Fsp3) is 0.538. The Hall–Kier alpha value is -1.62. The number of nitrogens with one attached hydrogen (secondary N) is 1. The molecule has 3 rings (SSSR count). The van der Waals surface area contributed by atoms with Gasteiger partial charge >= 0.3 is 0 Å². The Bertz CT molecular complexity index is 579. The van der Waals surface area contributed by atoms with E-state index in [4.69, 9.17) is 4.74 Å². The van der Waals surface area contributed by atoms with Gasteiger partial charge < -0.3 is 10.1 Å². The number of pyridine rings is 1. The van der Waals surface area contributed by atoms with Gasteiger partial charge in [0.2, 0.25) is 5.95 Å². The van der Waals surface area contributed by atoms with Crippen LogP contribution >= 0.6 is 0 Å². The first-order chi connectivity index (χ1) is 8.57. The molecule has 0 spiro atoms. The maximum absolute atomic E-state index is 5.61. The summed E-state index contributed by atoms with van der Waals surface area (Å²) in [4.78, 5) is 4.48. The molecular formula is C13H18N4O. The maximum Gasteiger partial charge on any atom is 0.243 e. The number of aromatic nitrogens is 3. The van der Waals surface area contributed by atoms with Crippen LogP contribution in [-0.4, -0.2) is 32.8 Å². The van der Waals surface area contributed by atoms with Crippen molar-refractivity contribution in [2.75, 3.05) is 11.9 Å². The molecule has 2 aromatic heterocycles. The molecule has 5 nitrogen and oxygen atoms in total. The van der Waals surface area contributed by atoms with Crippen LogP contribution in [0.4, 0.5) is 5.95 Å². The second-order valence-corrected chi connectivity index (χ2v) is 5.25. The minimum atomic E-state index is -0.0834. The lowest BCUT2D eigenvalue weighted by molar-refractivity contribution is 0.105. The van der Waals surface area contributed by atoms with Gasteiger partial charge in [0.05, 0.1) is 11.6 Å². The average Bonchev–Trinajstić information content (AvgIpc) is 2.83. The molecule has 3 heterocycles. The van der Waals surface area contributed by atoms with E-state index in [1.165, 1.54) is 5.56 Å². The number of anilines is 1. The largest absolute Gasteiger partial charge is 0.376 e. The molecule has 0 bridgehead atoms. The molecule has 0 radical (unpaired) electrons. The van der Waals surface area contributed by atoms with Crippen molar-refractivity contribution in [2.24, 2.45) is 0 Å². The Morgan fingerprint density at radius 1 is 1.50 bits per heavy atom. The lowest BCUT2D eigenvalue weighted by Crippen LogP contribution is -2.41. The summed E-state index contributed by atoms with van der Waals surface area (Å²) in [6, 6.07) is 4.02. The van der Waals surface area contributed by atoms with Gasteiger partial charge in [0.15, 0.2) is 5.65 Å². The highest BCUT2D eigenvalue weighted by atomic mass is 16.5. The van der Waals surface area contributed by atoms with Gasteiger partial charge in [-0.3, -0.25) is 0 Å². The summed E-state index contributed by atoms with van der Waals surface area (Å²) in [5.41, 5.74) is 1.95. The molecule has 1 aliphatic heterocycles. The fourth-order valence-corrected chi connectivity index (χ4v) is 2.29. The third-order valence-electron chi connectivity index (χ3n) is 3.76. The van der Waals surface area contributed by atoms with Crippen LogP contribution in [0.2, 0.25) is 0 Å². The van der Waals surface area contributed by atoms with Crippen molar-refractivity contribution in [3.05, 3.63) is 23.9 Å². The average molecular weight is 246 g/mol. The summed E-state index contributed by atoms with van der Waals surface area (Å²) in [5, 5.41) is 7.86. The zero-order valence-electron chi connectivity index (χ0n) is 11.0. The van der Waals surface area contributed by atoms with Crippen LogP contribution in [0.3, 0.4) is 0 Å². The van der Waals surface area contributed by atoms with Gasteiger partial charge in [-0.15, -0.1) is 5.10 Å². The molecule has 0 aliphatic carbocycles. The highest BCUT2D eigenvalue weighted by Crippen LogP contribution is 2.28. The molecule has 0 saturated carbocycles. The minimum Gasteiger partial charge on any atom is -0.376 e. The molecule has 96 valence electrons. The normalized spacial score (nSPS) is 27.8. The van der Waals surface area contributed by atoms with E-state index in [1.807, 2.05) is 29.8 Å². The molecule has 2 unspecified atom stereocenters. The van der Waals surface area contributed by atoms with Crippen LogP contribution in [0.5, 0.6) is 0 Å². The SMILES string of the molecule is Cc1ccc2nc(NC3(C)CCOC3C)nn2c1. The van der Waals surface area contributed by atoms with E-state index in [1.54, 1.807) is 0 Å². The Kier molecular flexibility index (Phi) is 2.52. The van der Waals surface area contributed by atoms with Crippen LogP contribution in [0, 0.1) is 6.92 Å². The van der Waals surface area contributed by atoms with Gasteiger partial charge in [-0.1, -0.05) is 6.07 Å². The van der Waals surface area contributed by atoms with Crippen LogP contribution in [0.15, 0.2) is 18.3 Å². The number of fused-ring (bicyclic) bond motifs is 1. The lowest BCUT2D eigenvalue weighted by atomic mass is 9.95. The first-order valence-electron chi connectivity index (χ1n) is 6.30. The highest BCUT2D eigenvalue weighted by Gasteiger charge is 2.37. The van der Waals surface area contributed by atoms with Crippen molar-refractivity contribution in [2.45, 2.75) is 38.8 Å². The number of nitrogens with zero attached hydrogens (tertiary/aromatic N) is 3. The van der Waals surface area contributed by atoms with Crippen molar-refractivity contribution in [1.82, 2.24) is 14.6 Å². The lowest BCUT2D eigenvalue weighted by Gasteiger charge is -2.27. The van der Waals surface area contributed by atoms with Crippen LogP contribution in [-0.2, 0) is 4.74 Å². The second kappa shape index (κ2) is 3.95. The zero-order chi connectivity index (χ0) is 12.8. The topological polar surface area (TPSA) is 51.5 Å². The van der Waals surface area contributed by atoms with E-state index in [9.17, 15) is 0 Å². The van der Waals surface area contributed by atoms with Crippen molar-refractivity contribution in [3.63, 3.8) is 0 Å². The number of hydrogen-bond donors (Lipinski definition) is 1. The first-order valence-corrected chi connectivity index (χ1v) is 6.30. The third-order valence-corrected chi connectivity index (χ3v) is 3.76. The van der Waals surface area contributed by atoms with E-state index < -0.39 is 0 Å². The zero-order valence-corrected chi connectivity index (χ0v) is 11.0. The monoisotopic (exact) mass is 246 g/mol. The summed E-state index contributed by atoms with van der Waals surface area (Å²) in [5.74, 6) is 0.667. The molecule has 2 atom stereocenters. The van der Waals surface area contributed by atoms with Gasteiger partial charge in [-0.25, -0.2) is 4.52 Å². The van der Waals surface area contributed by atoms with Gasteiger partial charge in [-0.2, -0.15) is 4.98 Å². The Morgan fingerprint density at radius 3 is 3.06 bits per heavy atom. The van der Waals surface area contributed by atoms with Crippen LogP contribution in [0.1, 0.15) is 25.8 Å². The smallest absolute Gasteiger partial charge is 0.243 e. The molecule has 18 heavy (non-hydrogen) atoms. The quantitative estimate of drug-likeness (QED) is 0.880. The molecule has 2 aromatic rings. The van der Waals surface area contributed by atoms with Gasteiger partial charge in [0, 0.05) is 12.8 Å². The van der Waals surface area contributed by atoms with Crippen molar-refractivity contribution in [1.29, 1.82) is 0 Å². The Labute approximate surface area is 106 Å². The fourth-order valence-electron chi connectivity index (χ4n) is 2.29. The van der Waals surface area contributed by atoms with Crippen LogP contribution in [0.25, 0.3) is 5.65 Å². The van der Waals surface area contributed by atoms with E-state index >= 15 is 0 Å². The van der Waals surface area contributed by atoms with E-state index in [2.05, 4.69) is 29.2 Å². The third kappa shape index (κ3) is 1.84. The standard InChI is InChI=1S/C13H18N4O/c1-9-4-5-11-14-12(16-17(11)8-9)15-13(3)6-7-18-10(13)2/h4-5,8,10H,6-7H2,1-3H3,(H,15,16). The van der Waals surface area contributed by atoms with E-state index in [0.29, 0.717) is 5.95 Å². The molecule has 1 fully saturated rings. The maximum atomic E-state index is 5.61. The van der Waals surface area contributed by atoms with E-state index in [0.717, 1.165) is 18.7 Å². The predicted octanol–water partition coefficient (Wildman–Crippen LogP) is 2.02. The van der Waals surface area contributed by atoms with E-state index in [-0.39, 0.29) is 11.6 Å². The molecule has 0 aromatic carbocycles. The molecule has 5 heteroatoms. The number of rotatable bonds is 2. The molecule has 1 aliphatic rings. The minimum absolute atomic E-state index is 0.0834. The molecular weight excluding hydrogens is 228 g/mol. The number of aryl methyl sites for hydroxylation is 1.